The van der Waals surface area contributed by atoms with Crippen molar-refractivity contribution in [2.75, 3.05) is 4.72 Å². The average molecular weight is 405 g/mol. The molecule has 0 heterocycles. The Hall–Kier alpha value is -2.05. The number of hydrogen-bond acceptors (Lipinski definition) is 3. The molecule has 3 atom stereocenters. The van der Waals surface area contributed by atoms with Gasteiger partial charge in [0.05, 0.1) is 15.5 Å². The topological polar surface area (TPSA) is 75.3 Å². The molecule has 2 aromatic carbocycles. The van der Waals surface area contributed by atoms with Gasteiger partial charge in [-0.25, -0.2) is 8.42 Å². The minimum Gasteiger partial charge on any atom is -0.349 e. The molecule has 7 heteroatoms. The van der Waals surface area contributed by atoms with E-state index in [0.717, 1.165) is 12.3 Å². The smallest absolute Gasteiger partial charge is 0.261 e. The summed E-state index contributed by atoms with van der Waals surface area (Å²) < 4.78 is 27.5. The van der Waals surface area contributed by atoms with Crippen LogP contribution in [0.25, 0.3) is 0 Å². The Morgan fingerprint density at radius 2 is 1.81 bits per heavy atom. The van der Waals surface area contributed by atoms with E-state index in [0.29, 0.717) is 16.6 Å². The molecule has 2 fully saturated rings. The second-order valence-electron chi connectivity index (χ2n) is 7.37. The van der Waals surface area contributed by atoms with E-state index in [1.807, 2.05) is 0 Å². The molecule has 142 valence electrons. The summed E-state index contributed by atoms with van der Waals surface area (Å²) in [6.45, 7) is 0. The van der Waals surface area contributed by atoms with Crippen molar-refractivity contribution >= 4 is 33.2 Å². The number of amides is 1. The van der Waals surface area contributed by atoms with Crippen LogP contribution in [0.1, 0.15) is 36.0 Å². The largest absolute Gasteiger partial charge is 0.349 e. The third-order valence-electron chi connectivity index (χ3n) is 5.57. The molecule has 1 amide bonds. The van der Waals surface area contributed by atoms with Gasteiger partial charge in [-0.15, -0.1) is 0 Å². The van der Waals surface area contributed by atoms with Gasteiger partial charge in [-0.05, 0) is 61.4 Å². The Balaban J connectivity index is 1.52. The Kier molecular flexibility index (Phi) is 4.86. The monoisotopic (exact) mass is 404 g/mol. The first-order chi connectivity index (χ1) is 12.9. The molecule has 0 aromatic heterocycles. The van der Waals surface area contributed by atoms with Gasteiger partial charge < -0.3 is 5.32 Å². The zero-order chi connectivity index (χ0) is 19.0. The number of nitrogens with one attached hydrogen (secondary N) is 2. The van der Waals surface area contributed by atoms with Crippen LogP contribution in [-0.4, -0.2) is 20.4 Å². The van der Waals surface area contributed by atoms with Crippen LogP contribution in [0.15, 0.2) is 53.4 Å². The number of halogens is 1. The summed E-state index contributed by atoms with van der Waals surface area (Å²) in [5.41, 5.74) is 0.592. The van der Waals surface area contributed by atoms with Crippen molar-refractivity contribution in [2.24, 2.45) is 11.8 Å². The van der Waals surface area contributed by atoms with E-state index in [1.165, 1.54) is 37.5 Å². The first-order valence-corrected chi connectivity index (χ1v) is 11.0. The minimum atomic E-state index is -3.72. The van der Waals surface area contributed by atoms with Crippen LogP contribution in [0.5, 0.6) is 0 Å². The van der Waals surface area contributed by atoms with E-state index >= 15 is 0 Å². The molecule has 4 rings (SSSR count). The molecule has 2 aliphatic rings. The van der Waals surface area contributed by atoms with Gasteiger partial charge in [0, 0.05) is 11.7 Å². The SMILES string of the molecule is O=C(N[C@@H]1C[C@@H]2CC[C@@H]1C2)c1cc(NS(=O)(=O)c2ccccc2)ccc1Cl. The fraction of sp³-hybridized carbons (Fsp3) is 0.350. The number of anilines is 1. The highest BCUT2D eigenvalue weighted by Gasteiger charge is 2.40. The second-order valence-corrected chi connectivity index (χ2v) is 9.46. The van der Waals surface area contributed by atoms with Gasteiger partial charge in [-0.1, -0.05) is 36.2 Å². The van der Waals surface area contributed by atoms with Crippen LogP contribution < -0.4 is 10.0 Å². The lowest BCUT2D eigenvalue weighted by atomic mass is 9.95. The van der Waals surface area contributed by atoms with Crippen molar-refractivity contribution in [2.45, 2.75) is 36.6 Å². The van der Waals surface area contributed by atoms with Gasteiger partial charge in [0.25, 0.3) is 15.9 Å². The van der Waals surface area contributed by atoms with Crippen LogP contribution in [0.3, 0.4) is 0 Å². The number of sulfonamides is 1. The lowest BCUT2D eigenvalue weighted by Crippen LogP contribution is -2.38. The molecule has 5 nitrogen and oxygen atoms in total. The Labute approximate surface area is 164 Å². The zero-order valence-electron chi connectivity index (χ0n) is 14.7. The molecule has 0 radical (unpaired) electrons. The van der Waals surface area contributed by atoms with Crippen molar-refractivity contribution in [1.82, 2.24) is 5.32 Å². The highest BCUT2D eigenvalue weighted by Crippen LogP contribution is 2.44. The van der Waals surface area contributed by atoms with Gasteiger partial charge in [0.15, 0.2) is 0 Å². The number of carbonyl (C=O) groups excluding carboxylic acids is 1. The summed E-state index contributed by atoms with van der Waals surface area (Å²) in [4.78, 5) is 12.9. The van der Waals surface area contributed by atoms with E-state index in [4.69, 9.17) is 11.6 Å². The Morgan fingerprint density at radius 3 is 2.48 bits per heavy atom. The highest BCUT2D eigenvalue weighted by atomic mass is 35.5. The summed E-state index contributed by atoms with van der Waals surface area (Å²) in [5.74, 6) is 1.02. The predicted octanol–water partition coefficient (Wildman–Crippen LogP) is 4.06. The Bertz CT molecular complexity index is 962. The van der Waals surface area contributed by atoms with Gasteiger partial charge in [-0.2, -0.15) is 0 Å². The molecule has 0 aliphatic heterocycles. The second kappa shape index (κ2) is 7.17. The fourth-order valence-corrected chi connectivity index (χ4v) is 5.52. The maximum absolute atomic E-state index is 12.7. The standard InChI is InChI=1S/C20H21ClN2O3S/c21-18-9-8-15(23-27(25,26)16-4-2-1-3-5-16)12-17(18)20(24)22-19-11-13-6-7-14(19)10-13/h1-5,8-9,12-14,19,23H,6-7,10-11H2,(H,22,24)/t13-,14-,19-/m1/s1. The number of carbonyl (C=O) groups is 1. The number of hydrogen-bond donors (Lipinski definition) is 2. The lowest BCUT2D eigenvalue weighted by molar-refractivity contribution is 0.0923. The summed E-state index contributed by atoms with van der Waals surface area (Å²) in [6.07, 6.45) is 4.64. The number of benzene rings is 2. The van der Waals surface area contributed by atoms with Crippen molar-refractivity contribution in [3.05, 3.63) is 59.1 Å². The molecule has 2 saturated carbocycles. The van der Waals surface area contributed by atoms with E-state index < -0.39 is 10.0 Å². The molecule has 2 N–H and O–H groups in total. The van der Waals surface area contributed by atoms with Crippen molar-refractivity contribution < 1.29 is 13.2 Å². The quantitative estimate of drug-likeness (QED) is 0.789. The van der Waals surface area contributed by atoms with Crippen molar-refractivity contribution in [3.8, 4) is 0 Å². The molecule has 2 aromatic rings. The lowest BCUT2D eigenvalue weighted by Gasteiger charge is -2.23. The summed E-state index contributed by atoms with van der Waals surface area (Å²) >= 11 is 6.21. The van der Waals surface area contributed by atoms with E-state index in [-0.39, 0.29) is 22.4 Å². The predicted molar refractivity (Wildman–Crippen MR) is 105 cm³/mol. The van der Waals surface area contributed by atoms with Gasteiger partial charge in [-0.3, -0.25) is 9.52 Å². The fourth-order valence-electron chi connectivity index (χ4n) is 4.24. The molecule has 2 bridgehead atoms. The highest BCUT2D eigenvalue weighted by molar-refractivity contribution is 7.92. The molecule has 0 spiro atoms. The minimum absolute atomic E-state index is 0.160. The van der Waals surface area contributed by atoms with E-state index in [9.17, 15) is 13.2 Å². The molecule has 0 saturated heterocycles. The normalized spacial score (nSPS) is 24.0. The summed E-state index contributed by atoms with van der Waals surface area (Å²) in [7, 11) is -3.72. The van der Waals surface area contributed by atoms with Gasteiger partial charge >= 0.3 is 0 Å². The Morgan fingerprint density at radius 1 is 1.04 bits per heavy atom. The van der Waals surface area contributed by atoms with Crippen LogP contribution >= 0.6 is 11.6 Å². The third-order valence-corrected chi connectivity index (χ3v) is 7.30. The average Bonchev–Trinajstić information content (AvgIpc) is 3.27. The van der Waals surface area contributed by atoms with E-state index in [2.05, 4.69) is 10.0 Å². The van der Waals surface area contributed by atoms with Gasteiger partial charge in [0.1, 0.15) is 0 Å². The molecule has 0 unspecified atom stereocenters. The van der Waals surface area contributed by atoms with Crippen LogP contribution in [0.2, 0.25) is 5.02 Å². The zero-order valence-corrected chi connectivity index (χ0v) is 16.3. The summed E-state index contributed by atoms with van der Waals surface area (Å²) in [5, 5.41) is 3.39. The maximum Gasteiger partial charge on any atom is 0.261 e. The number of rotatable bonds is 5. The van der Waals surface area contributed by atoms with Crippen LogP contribution in [0, 0.1) is 11.8 Å². The van der Waals surface area contributed by atoms with E-state index in [1.54, 1.807) is 30.3 Å². The molecular weight excluding hydrogens is 384 g/mol. The van der Waals surface area contributed by atoms with Crippen LogP contribution in [0.4, 0.5) is 5.69 Å². The first kappa shape index (κ1) is 18.3. The van der Waals surface area contributed by atoms with Crippen molar-refractivity contribution in [1.29, 1.82) is 0 Å². The number of fused-ring (bicyclic) bond motifs is 2. The molecule has 2 aliphatic carbocycles. The summed E-state index contributed by atoms with van der Waals surface area (Å²) in [6, 6.07) is 12.9. The van der Waals surface area contributed by atoms with Crippen molar-refractivity contribution in [3.63, 3.8) is 0 Å². The van der Waals surface area contributed by atoms with Gasteiger partial charge in [0.2, 0.25) is 0 Å². The first-order valence-electron chi connectivity index (χ1n) is 9.10. The third kappa shape index (κ3) is 3.82. The molecular formula is C20H21ClN2O3S. The maximum atomic E-state index is 12.7. The van der Waals surface area contributed by atoms with Crippen LogP contribution in [-0.2, 0) is 10.0 Å². The molecule has 27 heavy (non-hydrogen) atoms.